The Hall–Kier alpha value is -2.27. The van der Waals surface area contributed by atoms with Crippen molar-refractivity contribution in [3.8, 4) is 10.6 Å². The van der Waals surface area contributed by atoms with Crippen LogP contribution in [0.1, 0.15) is 10.4 Å². The molecule has 5 heteroatoms. The van der Waals surface area contributed by atoms with Gasteiger partial charge in [0.15, 0.2) is 0 Å². The monoisotopic (exact) mass is 270 g/mol. The van der Waals surface area contributed by atoms with E-state index in [1.807, 2.05) is 24.3 Å². The van der Waals surface area contributed by atoms with Gasteiger partial charge in [0.05, 0.1) is 22.9 Å². The number of carbonyl (C=O) groups is 1. The number of hydrogen-bond donors (Lipinski definition) is 0. The number of rotatable bonds is 2. The largest absolute Gasteiger partial charge is 0.465 e. The number of ether oxygens (including phenoxy) is 1. The summed E-state index contributed by atoms with van der Waals surface area (Å²) in [5.74, 6) is -0.333. The minimum atomic E-state index is -0.333. The fraction of sp³-hybridized carbons (Fsp3) is 0.0714. The number of nitrogens with zero attached hydrogens (tertiary/aromatic N) is 2. The Balaban J connectivity index is 2.09. The summed E-state index contributed by atoms with van der Waals surface area (Å²) in [7, 11) is 1.38. The average Bonchev–Trinajstić information content (AvgIpc) is 2.90. The lowest BCUT2D eigenvalue weighted by Gasteiger charge is -1.97. The molecular weight excluding hydrogens is 260 g/mol. The average molecular weight is 270 g/mol. The number of aromatic nitrogens is 2. The topological polar surface area (TPSA) is 52.1 Å². The molecule has 19 heavy (non-hydrogen) atoms. The van der Waals surface area contributed by atoms with E-state index in [9.17, 15) is 4.79 Å². The number of hydrogen-bond acceptors (Lipinski definition) is 5. The lowest BCUT2D eigenvalue weighted by Crippen LogP contribution is -1.99. The number of thiazole rings is 1. The van der Waals surface area contributed by atoms with Crippen molar-refractivity contribution < 1.29 is 9.53 Å². The Bertz CT molecular complexity index is 738. The minimum Gasteiger partial charge on any atom is -0.465 e. The minimum absolute atomic E-state index is 0.333. The molecule has 0 amide bonds. The second kappa shape index (κ2) is 4.78. The van der Waals surface area contributed by atoms with E-state index in [4.69, 9.17) is 4.74 Å². The van der Waals surface area contributed by atoms with E-state index in [0.717, 1.165) is 20.8 Å². The highest BCUT2D eigenvalue weighted by atomic mass is 32.1. The molecule has 0 aliphatic rings. The molecule has 0 spiro atoms. The van der Waals surface area contributed by atoms with Gasteiger partial charge >= 0.3 is 5.97 Å². The van der Waals surface area contributed by atoms with E-state index in [1.54, 1.807) is 29.8 Å². The van der Waals surface area contributed by atoms with E-state index < -0.39 is 0 Å². The SMILES string of the molecule is COC(=O)c1ccc2nc(-c3ccncc3)sc2c1. The molecule has 3 aromatic rings. The quantitative estimate of drug-likeness (QED) is 0.671. The molecule has 0 atom stereocenters. The molecule has 0 radical (unpaired) electrons. The lowest BCUT2D eigenvalue weighted by molar-refractivity contribution is 0.0601. The van der Waals surface area contributed by atoms with Crippen molar-refractivity contribution >= 4 is 27.5 Å². The first-order valence-electron chi connectivity index (χ1n) is 5.67. The van der Waals surface area contributed by atoms with Crippen LogP contribution in [0.2, 0.25) is 0 Å². The van der Waals surface area contributed by atoms with Gasteiger partial charge in [-0.2, -0.15) is 0 Å². The summed E-state index contributed by atoms with van der Waals surface area (Å²) in [5, 5.41) is 0.916. The van der Waals surface area contributed by atoms with E-state index in [1.165, 1.54) is 7.11 Å². The lowest BCUT2D eigenvalue weighted by atomic mass is 10.2. The molecule has 0 aliphatic heterocycles. The molecule has 94 valence electrons. The predicted octanol–water partition coefficient (Wildman–Crippen LogP) is 3.14. The van der Waals surface area contributed by atoms with Crippen molar-refractivity contribution in [2.24, 2.45) is 0 Å². The van der Waals surface area contributed by atoms with Crippen LogP contribution in [0, 0.1) is 0 Å². The number of methoxy groups -OCH3 is 1. The summed E-state index contributed by atoms with van der Waals surface area (Å²) in [6.07, 6.45) is 3.47. The molecule has 0 bridgehead atoms. The molecule has 1 aromatic carbocycles. The molecule has 0 aliphatic carbocycles. The highest BCUT2D eigenvalue weighted by molar-refractivity contribution is 7.21. The van der Waals surface area contributed by atoms with Gasteiger partial charge in [0, 0.05) is 18.0 Å². The van der Waals surface area contributed by atoms with Gasteiger partial charge in [-0.3, -0.25) is 4.98 Å². The molecule has 0 saturated carbocycles. The number of fused-ring (bicyclic) bond motifs is 1. The van der Waals surface area contributed by atoms with Crippen molar-refractivity contribution in [3.05, 3.63) is 48.3 Å². The Labute approximate surface area is 113 Å². The zero-order chi connectivity index (χ0) is 13.2. The zero-order valence-corrected chi connectivity index (χ0v) is 11.0. The van der Waals surface area contributed by atoms with Crippen LogP contribution in [-0.4, -0.2) is 23.0 Å². The Kier molecular flexibility index (Phi) is 2.97. The van der Waals surface area contributed by atoms with Crippen molar-refractivity contribution in [2.45, 2.75) is 0 Å². The zero-order valence-electron chi connectivity index (χ0n) is 10.2. The van der Waals surface area contributed by atoms with E-state index >= 15 is 0 Å². The van der Waals surface area contributed by atoms with Crippen LogP contribution in [0.4, 0.5) is 0 Å². The number of esters is 1. The first-order chi connectivity index (χ1) is 9.28. The second-order valence-corrected chi connectivity index (χ2v) is 4.96. The molecule has 0 unspecified atom stereocenters. The van der Waals surface area contributed by atoms with Gasteiger partial charge in [-0.05, 0) is 30.3 Å². The highest BCUT2D eigenvalue weighted by Crippen LogP contribution is 2.30. The Morgan fingerprint density at radius 1 is 1.21 bits per heavy atom. The fourth-order valence-corrected chi connectivity index (χ4v) is 2.80. The van der Waals surface area contributed by atoms with Gasteiger partial charge in [0.25, 0.3) is 0 Å². The van der Waals surface area contributed by atoms with E-state index in [2.05, 4.69) is 9.97 Å². The number of carbonyl (C=O) groups excluding carboxylic acids is 1. The summed E-state index contributed by atoms with van der Waals surface area (Å²) < 4.78 is 5.68. The summed E-state index contributed by atoms with van der Waals surface area (Å²) in [5.41, 5.74) is 2.44. The maximum Gasteiger partial charge on any atom is 0.337 e. The first-order valence-corrected chi connectivity index (χ1v) is 6.49. The Morgan fingerprint density at radius 2 is 2.00 bits per heavy atom. The maximum absolute atomic E-state index is 11.5. The third kappa shape index (κ3) is 2.20. The molecule has 0 N–H and O–H groups in total. The summed E-state index contributed by atoms with van der Waals surface area (Å²) in [4.78, 5) is 20.0. The van der Waals surface area contributed by atoms with Crippen LogP contribution in [-0.2, 0) is 4.74 Å². The molecule has 2 heterocycles. The van der Waals surface area contributed by atoms with Crippen LogP contribution in [0.3, 0.4) is 0 Å². The number of pyridine rings is 1. The van der Waals surface area contributed by atoms with E-state index in [0.29, 0.717) is 5.56 Å². The molecule has 3 rings (SSSR count). The van der Waals surface area contributed by atoms with Gasteiger partial charge in [0.1, 0.15) is 5.01 Å². The summed E-state index contributed by atoms with van der Waals surface area (Å²) in [6, 6.07) is 9.20. The second-order valence-electron chi connectivity index (χ2n) is 3.93. The molecular formula is C14H10N2O2S. The maximum atomic E-state index is 11.5. The van der Waals surface area contributed by atoms with Crippen molar-refractivity contribution in [3.63, 3.8) is 0 Å². The van der Waals surface area contributed by atoms with Crippen LogP contribution in [0.5, 0.6) is 0 Å². The van der Waals surface area contributed by atoms with Crippen molar-refractivity contribution in [1.29, 1.82) is 0 Å². The first kappa shape index (κ1) is 11.8. The summed E-state index contributed by atoms with van der Waals surface area (Å²) >= 11 is 1.55. The molecule has 4 nitrogen and oxygen atoms in total. The molecule has 0 saturated heterocycles. The number of benzene rings is 1. The van der Waals surface area contributed by atoms with Crippen LogP contribution in [0.25, 0.3) is 20.8 Å². The van der Waals surface area contributed by atoms with Crippen LogP contribution < -0.4 is 0 Å². The predicted molar refractivity (Wildman–Crippen MR) is 74.2 cm³/mol. The van der Waals surface area contributed by atoms with Gasteiger partial charge in [-0.1, -0.05) is 0 Å². The summed E-state index contributed by atoms with van der Waals surface area (Å²) in [6.45, 7) is 0. The third-order valence-corrected chi connectivity index (χ3v) is 3.80. The smallest absolute Gasteiger partial charge is 0.337 e. The normalized spacial score (nSPS) is 10.6. The standard InChI is InChI=1S/C14H10N2O2S/c1-18-14(17)10-2-3-11-12(8-10)19-13(16-11)9-4-6-15-7-5-9/h2-8H,1H3. The fourth-order valence-electron chi connectivity index (χ4n) is 1.79. The van der Waals surface area contributed by atoms with Crippen LogP contribution in [0.15, 0.2) is 42.7 Å². The van der Waals surface area contributed by atoms with Crippen LogP contribution >= 0.6 is 11.3 Å². The van der Waals surface area contributed by atoms with E-state index in [-0.39, 0.29) is 5.97 Å². The van der Waals surface area contributed by atoms with Gasteiger partial charge in [-0.25, -0.2) is 9.78 Å². The van der Waals surface area contributed by atoms with Crippen molar-refractivity contribution in [1.82, 2.24) is 9.97 Å². The highest BCUT2D eigenvalue weighted by Gasteiger charge is 2.10. The molecule has 2 aromatic heterocycles. The third-order valence-electron chi connectivity index (χ3n) is 2.74. The Morgan fingerprint density at radius 3 is 2.74 bits per heavy atom. The molecule has 0 fully saturated rings. The van der Waals surface area contributed by atoms with Gasteiger partial charge < -0.3 is 4.74 Å². The van der Waals surface area contributed by atoms with Gasteiger partial charge in [0.2, 0.25) is 0 Å². The van der Waals surface area contributed by atoms with Crippen molar-refractivity contribution in [2.75, 3.05) is 7.11 Å². The van der Waals surface area contributed by atoms with Gasteiger partial charge in [-0.15, -0.1) is 11.3 Å².